The summed E-state index contributed by atoms with van der Waals surface area (Å²) in [5, 5.41) is 0. The van der Waals surface area contributed by atoms with Crippen LogP contribution in [0.15, 0.2) is 72.9 Å². The quantitative estimate of drug-likeness (QED) is 0.491. The lowest BCUT2D eigenvalue weighted by atomic mass is 10.1. The second kappa shape index (κ2) is 6.60. The minimum absolute atomic E-state index is 0.696. The van der Waals surface area contributed by atoms with Gasteiger partial charge >= 0.3 is 0 Å². The molecule has 3 heteroatoms. The summed E-state index contributed by atoms with van der Waals surface area (Å²) in [5.74, 6) is 0.696. The molecule has 4 rings (SSSR count). The molecular weight excluding hydrogens is 318 g/mol. The molecule has 0 bridgehead atoms. The van der Waals surface area contributed by atoms with Crippen LogP contribution in [-0.2, 0) is 0 Å². The molecule has 4 aromatic rings. The number of rotatable bonds is 3. The lowest BCUT2D eigenvalue weighted by Crippen LogP contribution is -2.05. The summed E-state index contributed by atoms with van der Waals surface area (Å²) in [4.78, 5) is 9.22. The average Bonchev–Trinajstić information content (AvgIpc) is 3.08. The highest BCUT2D eigenvalue weighted by molar-refractivity contribution is 5.72. The van der Waals surface area contributed by atoms with Gasteiger partial charge in [-0.2, -0.15) is 0 Å². The number of hydrogen-bond acceptors (Lipinski definition) is 2. The highest BCUT2D eigenvalue weighted by atomic mass is 15.2. The maximum absolute atomic E-state index is 4.67. The molecule has 0 radical (unpaired) electrons. The third kappa shape index (κ3) is 3.04. The summed E-state index contributed by atoms with van der Waals surface area (Å²) in [6.45, 7) is 6.19. The fraction of sp³-hybridized carbons (Fsp3) is 0.130. The number of benzene rings is 2. The Bertz CT molecular complexity index is 979. The molecule has 0 atom stereocenters. The van der Waals surface area contributed by atoms with Crippen molar-refractivity contribution in [3.63, 3.8) is 0 Å². The molecule has 0 aliphatic heterocycles. The Balaban J connectivity index is 1.95. The Hall–Kier alpha value is -3.20. The van der Waals surface area contributed by atoms with Gasteiger partial charge in [-0.25, -0.2) is 9.97 Å². The summed E-state index contributed by atoms with van der Waals surface area (Å²) in [6.07, 6.45) is 1.81. The number of aromatic nitrogens is 3. The Morgan fingerprint density at radius 2 is 1.12 bits per heavy atom. The van der Waals surface area contributed by atoms with Crippen molar-refractivity contribution in [1.29, 1.82) is 0 Å². The maximum atomic E-state index is 4.67. The lowest BCUT2D eigenvalue weighted by Gasteiger charge is -2.13. The Morgan fingerprint density at radius 3 is 1.58 bits per heavy atom. The van der Waals surface area contributed by atoms with Crippen molar-refractivity contribution in [2.75, 3.05) is 0 Å². The van der Waals surface area contributed by atoms with Gasteiger partial charge in [0.15, 0.2) is 0 Å². The summed E-state index contributed by atoms with van der Waals surface area (Å²) in [6, 6.07) is 23.3. The van der Waals surface area contributed by atoms with E-state index in [2.05, 4.69) is 89.0 Å². The van der Waals surface area contributed by atoms with E-state index in [-0.39, 0.29) is 0 Å². The van der Waals surface area contributed by atoms with Gasteiger partial charge in [0.25, 0.3) is 0 Å². The first-order chi connectivity index (χ1) is 12.6. The van der Waals surface area contributed by atoms with Crippen molar-refractivity contribution in [2.45, 2.75) is 20.8 Å². The highest BCUT2D eigenvalue weighted by Crippen LogP contribution is 2.31. The topological polar surface area (TPSA) is 30.7 Å². The second-order valence-corrected chi connectivity index (χ2v) is 6.67. The standard InChI is InChI=1S/C23H21N3/c1-16-4-8-19(9-5-16)21-12-13-22(20-10-6-17(2)7-11-20)26(21)23-24-15-14-18(3)25-23/h4-15H,1-3H3. The third-order valence-electron chi connectivity index (χ3n) is 4.56. The minimum atomic E-state index is 0.696. The fourth-order valence-corrected chi connectivity index (χ4v) is 3.09. The van der Waals surface area contributed by atoms with Crippen molar-refractivity contribution in [1.82, 2.24) is 14.5 Å². The van der Waals surface area contributed by atoms with Crippen LogP contribution < -0.4 is 0 Å². The molecule has 0 saturated heterocycles. The first-order valence-electron chi connectivity index (χ1n) is 8.78. The van der Waals surface area contributed by atoms with E-state index < -0.39 is 0 Å². The molecule has 128 valence electrons. The molecule has 0 saturated carbocycles. The Morgan fingerprint density at radius 1 is 0.615 bits per heavy atom. The molecule has 26 heavy (non-hydrogen) atoms. The molecule has 0 fully saturated rings. The highest BCUT2D eigenvalue weighted by Gasteiger charge is 2.15. The number of aryl methyl sites for hydroxylation is 3. The van der Waals surface area contributed by atoms with Gasteiger partial charge in [0.05, 0.1) is 11.4 Å². The molecule has 0 aliphatic carbocycles. The van der Waals surface area contributed by atoms with Gasteiger partial charge in [0.1, 0.15) is 0 Å². The van der Waals surface area contributed by atoms with Crippen LogP contribution in [0.5, 0.6) is 0 Å². The molecule has 0 spiro atoms. The van der Waals surface area contributed by atoms with E-state index in [0.29, 0.717) is 5.95 Å². The van der Waals surface area contributed by atoms with Gasteiger partial charge in [0.2, 0.25) is 5.95 Å². The van der Waals surface area contributed by atoms with Crippen LogP contribution in [0.4, 0.5) is 0 Å². The van der Waals surface area contributed by atoms with E-state index in [4.69, 9.17) is 0 Å². The summed E-state index contributed by atoms with van der Waals surface area (Å²) < 4.78 is 2.14. The first-order valence-corrected chi connectivity index (χ1v) is 8.78. The Kier molecular flexibility index (Phi) is 4.13. The normalized spacial score (nSPS) is 10.9. The molecule has 2 aromatic heterocycles. The number of hydrogen-bond donors (Lipinski definition) is 0. The van der Waals surface area contributed by atoms with Crippen molar-refractivity contribution in [3.8, 4) is 28.5 Å². The van der Waals surface area contributed by atoms with E-state index in [1.54, 1.807) is 0 Å². The maximum Gasteiger partial charge on any atom is 0.234 e. The van der Waals surface area contributed by atoms with Crippen LogP contribution in [0, 0.1) is 20.8 Å². The smallest absolute Gasteiger partial charge is 0.234 e. The average molecular weight is 339 g/mol. The minimum Gasteiger partial charge on any atom is -0.278 e. The molecule has 0 aliphatic rings. The van der Waals surface area contributed by atoms with Crippen molar-refractivity contribution in [3.05, 3.63) is 89.7 Å². The van der Waals surface area contributed by atoms with Crippen molar-refractivity contribution < 1.29 is 0 Å². The van der Waals surface area contributed by atoms with Crippen molar-refractivity contribution in [2.24, 2.45) is 0 Å². The fourth-order valence-electron chi connectivity index (χ4n) is 3.09. The predicted octanol–water partition coefficient (Wildman–Crippen LogP) is 5.53. The molecule has 2 heterocycles. The van der Waals surface area contributed by atoms with Crippen molar-refractivity contribution >= 4 is 0 Å². The molecule has 3 nitrogen and oxygen atoms in total. The summed E-state index contributed by atoms with van der Waals surface area (Å²) >= 11 is 0. The van der Waals surface area contributed by atoms with E-state index in [0.717, 1.165) is 28.2 Å². The Labute approximate surface area is 154 Å². The molecule has 0 amide bonds. The zero-order valence-corrected chi connectivity index (χ0v) is 15.3. The van der Waals surface area contributed by atoms with E-state index in [1.165, 1.54) is 11.1 Å². The van der Waals surface area contributed by atoms with E-state index >= 15 is 0 Å². The zero-order chi connectivity index (χ0) is 18.1. The lowest BCUT2D eigenvalue weighted by molar-refractivity contribution is 0.929. The van der Waals surface area contributed by atoms with Crippen LogP contribution in [0.25, 0.3) is 28.5 Å². The summed E-state index contributed by atoms with van der Waals surface area (Å²) in [5.41, 5.74) is 7.93. The van der Waals surface area contributed by atoms with Gasteiger partial charge in [-0.15, -0.1) is 0 Å². The third-order valence-corrected chi connectivity index (χ3v) is 4.56. The zero-order valence-electron chi connectivity index (χ0n) is 15.3. The molecule has 0 N–H and O–H groups in total. The first kappa shape index (κ1) is 16.3. The SMILES string of the molecule is Cc1ccc(-c2ccc(-c3ccc(C)cc3)n2-c2nccc(C)n2)cc1. The van der Waals surface area contributed by atoms with Crippen LogP contribution in [0.2, 0.25) is 0 Å². The van der Waals surface area contributed by atoms with Crippen LogP contribution in [0.1, 0.15) is 16.8 Å². The van der Waals surface area contributed by atoms with E-state index in [1.807, 2.05) is 19.2 Å². The van der Waals surface area contributed by atoms with Gasteiger partial charge in [0, 0.05) is 11.9 Å². The number of nitrogens with zero attached hydrogens (tertiary/aromatic N) is 3. The van der Waals surface area contributed by atoms with Crippen LogP contribution in [0.3, 0.4) is 0 Å². The van der Waals surface area contributed by atoms with Crippen LogP contribution >= 0.6 is 0 Å². The molecular formula is C23H21N3. The monoisotopic (exact) mass is 339 g/mol. The van der Waals surface area contributed by atoms with Crippen LogP contribution in [-0.4, -0.2) is 14.5 Å². The van der Waals surface area contributed by atoms with Gasteiger partial charge in [-0.05, 0) is 50.1 Å². The van der Waals surface area contributed by atoms with E-state index in [9.17, 15) is 0 Å². The second-order valence-electron chi connectivity index (χ2n) is 6.67. The van der Waals surface area contributed by atoms with Gasteiger partial charge < -0.3 is 0 Å². The largest absolute Gasteiger partial charge is 0.278 e. The summed E-state index contributed by atoms with van der Waals surface area (Å²) in [7, 11) is 0. The van der Waals surface area contributed by atoms with Gasteiger partial charge in [-0.1, -0.05) is 59.7 Å². The molecule has 0 unspecified atom stereocenters. The van der Waals surface area contributed by atoms with Gasteiger partial charge in [-0.3, -0.25) is 4.57 Å². The molecule has 2 aromatic carbocycles. The predicted molar refractivity (Wildman–Crippen MR) is 106 cm³/mol.